The molecule has 0 radical (unpaired) electrons. The van der Waals surface area contributed by atoms with Crippen LogP contribution < -0.4 is 11.1 Å². The van der Waals surface area contributed by atoms with E-state index >= 15 is 0 Å². The molecule has 1 fully saturated rings. The Balaban J connectivity index is 2.21. The molecule has 4 nitrogen and oxygen atoms in total. The molecule has 1 aliphatic rings. The highest BCUT2D eigenvalue weighted by atomic mass is 15.0. The molecule has 2 rings (SSSR count). The van der Waals surface area contributed by atoms with E-state index in [2.05, 4.69) is 30.2 Å². The summed E-state index contributed by atoms with van der Waals surface area (Å²) in [5.74, 6) is 0.647. The van der Waals surface area contributed by atoms with Gasteiger partial charge in [0.15, 0.2) is 5.82 Å². The van der Waals surface area contributed by atoms with Gasteiger partial charge in [-0.15, -0.1) is 0 Å². The summed E-state index contributed by atoms with van der Waals surface area (Å²) >= 11 is 0. The normalized spacial score (nSPS) is 22.2. The Morgan fingerprint density at radius 2 is 2.28 bits per heavy atom. The highest BCUT2D eigenvalue weighted by molar-refractivity contribution is 5.69. The van der Waals surface area contributed by atoms with Crippen molar-refractivity contribution in [3.05, 3.63) is 17.8 Å². The number of hydrogen-bond donors (Lipinski definition) is 2. The fraction of sp³-hybridized carbons (Fsp3) is 0.571. The summed E-state index contributed by atoms with van der Waals surface area (Å²) in [7, 11) is 0. The fourth-order valence-corrected chi connectivity index (χ4v) is 2.61. The van der Waals surface area contributed by atoms with E-state index in [9.17, 15) is 0 Å². The van der Waals surface area contributed by atoms with E-state index in [1.54, 1.807) is 12.3 Å². The van der Waals surface area contributed by atoms with Gasteiger partial charge in [0.25, 0.3) is 0 Å². The zero-order valence-corrected chi connectivity index (χ0v) is 11.0. The van der Waals surface area contributed by atoms with Crippen LogP contribution in [0, 0.1) is 16.7 Å². The lowest BCUT2D eigenvalue weighted by atomic mass is 9.73. The first-order valence-corrected chi connectivity index (χ1v) is 6.46. The van der Waals surface area contributed by atoms with E-state index in [4.69, 9.17) is 11.0 Å². The second kappa shape index (κ2) is 4.85. The van der Waals surface area contributed by atoms with Crippen LogP contribution in [0.25, 0.3) is 0 Å². The van der Waals surface area contributed by atoms with Gasteiger partial charge in [-0.1, -0.05) is 26.7 Å². The average Bonchev–Trinajstić information content (AvgIpc) is 2.34. The van der Waals surface area contributed by atoms with Crippen molar-refractivity contribution in [1.82, 2.24) is 4.98 Å². The summed E-state index contributed by atoms with van der Waals surface area (Å²) in [6.45, 7) is 4.54. The van der Waals surface area contributed by atoms with Crippen molar-refractivity contribution in [2.75, 3.05) is 11.1 Å². The molecule has 0 aliphatic heterocycles. The highest BCUT2D eigenvalue weighted by Gasteiger charge is 2.32. The Morgan fingerprint density at radius 3 is 2.94 bits per heavy atom. The quantitative estimate of drug-likeness (QED) is 0.838. The maximum Gasteiger partial charge on any atom is 0.150 e. The second-order valence-electron chi connectivity index (χ2n) is 5.66. The van der Waals surface area contributed by atoms with Crippen molar-refractivity contribution in [3.8, 4) is 6.07 Å². The largest absolute Gasteiger partial charge is 0.395 e. The average molecular weight is 244 g/mol. The number of anilines is 2. The molecule has 1 aromatic heterocycles. The Kier molecular flexibility index (Phi) is 3.42. The smallest absolute Gasteiger partial charge is 0.150 e. The van der Waals surface area contributed by atoms with Crippen LogP contribution in [0.3, 0.4) is 0 Å². The van der Waals surface area contributed by atoms with Crippen LogP contribution >= 0.6 is 0 Å². The second-order valence-corrected chi connectivity index (χ2v) is 5.66. The Morgan fingerprint density at radius 1 is 1.50 bits per heavy atom. The van der Waals surface area contributed by atoms with Crippen LogP contribution in [-0.4, -0.2) is 11.0 Å². The minimum atomic E-state index is 0.245. The Hall–Kier alpha value is -1.76. The zero-order valence-electron chi connectivity index (χ0n) is 11.0. The summed E-state index contributed by atoms with van der Waals surface area (Å²) in [6.07, 6.45) is 6.49. The molecule has 3 N–H and O–H groups in total. The van der Waals surface area contributed by atoms with Gasteiger partial charge >= 0.3 is 0 Å². The minimum Gasteiger partial charge on any atom is -0.395 e. The SMILES string of the molecule is CC1(C)CCCCC1Nc1nccc(C#N)c1N. The Labute approximate surface area is 108 Å². The summed E-state index contributed by atoms with van der Waals surface area (Å²) in [4.78, 5) is 4.26. The van der Waals surface area contributed by atoms with Crippen molar-refractivity contribution in [3.63, 3.8) is 0 Å². The first-order chi connectivity index (χ1) is 8.54. The van der Waals surface area contributed by atoms with Crippen molar-refractivity contribution in [1.29, 1.82) is 5.26 Å². The van der Waals surface area contributed by atoms with Crippen LogP contribution in [0.15, 0.2) is 12.3 Å². The van der Waals surface area contributed by atoms with Crippen molar-refractivity contribution in [2.24, 2.45) is 5.41 Å². The van der Waals surface area contributed by atoms with E-state index in [-0.39, 0.29) is 5.41 Å². The molecule has 1 aromatic rings. The van der Waals surface area contributed by atoms with Gasteiger partial charge in [-0.2, -0.15) is 5.26 Å². The van der Waals surface area contributed by atoms with E-state index in [0.717, 1.165) is 6.42 Å². The van der Waals surface area contributed by atoms with Gasteiger partial charge in [0.2, 0.25) is 0 Å². The number of nitrogens with two attached hydrogens (primary N) is 1. The summed E-state index contributed by atoms with van der Waals surface area (Å²) < 4.78 is 0. The third-order valence-electron chi connectivity index (χ3n) is 3.93. The molecular formula is C14H20N4. The van der Waals surface area contributed by atoms with Gasteiger partial charge in [-0.25, -0.2) is 4.98 Å². The summed E-state index contributed by atoms with van der Waals surface area (Å²) in [5.41, 5.74) is 7.14. The van der Waals surface area contributed by atoms with Gasteiger partial charge in [-0.05, 0) is 24.3 Å². The number of nitrogens with zero attached hydrogens (tertiary/aromatic N) is 2. The Bertz CT molecular complexity index is 473. The molecule has 0 spiro atoms. The number of nitrogen functional groups attached to an aromatic ring is 1. The summed E-state index contributed by atoms with van der Waals surface area (Å²) in [6, 6.07) is 4.10. The van der Waals surface area contributed by atoms with Gasteiger partial charge in [0, 0.05) is 12.2 Å². The lowest BCUT2D eigenvalue weighted by molar-refractivity contribution is 0.217. The number of nitrogens with one attached hydrogen (secondary N) is 1. The lowest BCUT2D eigenvalue weighted by Gasteiger charge is -2.39. The van der Waals surface area contributed by atoms with E-state index in [1.807, 2.05) is 0 Å². The summed E-state index contributed by atoms with van der Waals surface area (Å²) in [5, 5.41) is 12.4. The number of pyridine rings is 1. The number of hydrogen-bond acceptors (Lipinski definition) is 4. The molecule has 96 valence electrons. The highest BCUT2D eigenvalue weighted by Crippen LogP contribution is 2.37. The number of rotatable bonds is 2. The molecule has 0 amide bonds. The topological polar surface area (TPSA) is 74.7 Å². The number of aromatic nitrogens is 1. The first kappa shape index (κ1) is 12.7. The molecule has 18 heavy (non-hydrogen) atoms. The molecule has 1 heterocycles. The molecule has 0 aromatic carbocycles. The van der Waals surface area contributed by atoms with Crippen LogP contribution in [-0.2, 0) is 0 Å². The van der Waals surface area contributed by atoms with Crippen molar-refractivity contribution < 1.29 is 0 Å². The minimum absolute atomic E-state index is 0.245. The van der Waals surface area contributed by atoms with Crippen molar-refractivity contribution >= 4 is 11.5 Å². The van der Waals surface area contributed by atoms with Crippen molar-refractivity contribution in [2.45, 2.75) is 45.6 Å². The molecule has 1 aliphatic carbocycles. The first-order valence-electron chi connectivity index (χ1n) is 6.46. The predicted molar refractivity (Wildman–Crippen MR) is 73.0 cm³/mol. The van der Waals surface area contributed by atoms with Crippen LogP contribution in [0.1, 0.15) is 45.1 Å². The molecule has 0 bridgehead atoms. The van der Waals surface area contributed by atoms with Gasteiger partial charge in [0.1, 0.15) is 6.07 Å². The van der Waals surface area contributed by atoms with E-state index in [1.165, 1.54) is 19.3 Å². The maximum atomic E-state index is 8.97. The third-order valence-corrected chi connectivity index (χ3v) is 3.93. The monoisotopic (exact) mass is 244 g/mol. The van der Waals surface area contributed by atoms with Crippen LogP contribution in [0.4, 0.5) is 11.5 Å². The molecule has 1 atom stereocenters. The fourth-order valence-electron chi connectivity index (χ4n) is 2.61. The van der Waals surface area contributed by atoms with E-state index in [0.29, 0.717) is 23.1 Å². The molecular weight excluding hydrogens is 224 g/mol. The van der Waals surface area contributed by atoms with E-state index < -0.39 is 0 Å². The predicted octanol–water partition coefficient (Wildman–Crippen LogP) is 2.92. The molecule has 1 saturated carbocycles. The zero-order chi connectivity index (χ0) is 13.2. The molecule has 4 heteroatoms. The third kappa shape index (κ3) is 2.40. The molecule has 1 unspecified atom stereocenters. The number of nitriles is 1. The van der Waals surface area contributed by atoms with Gasteiger partial charge in [-0.3, -0.25) is 0 Å². The van der Waals surface area contributed by atoms with Gasteiger partial charge < -0.3 is 11.1 Å². The lowest BCUT2D eigenvalue weighted by Crippen LogP contribution is -2.39. The maximum absolute atomic E-state index is 8.97. The van der Waals surface area contributed by atoms with Crippen LogP contribution in [0.2, 0.25) is 0 Å². The van der Waals surface area contributed by atoms with Crippen LogP contribution in [0.5, 0.6) is 0 Å². The molecule has 0 saturated heterocycles. The standard InChI is InChI=1S/C14H20N4/c1-14(2)7-4-3-5-11(14)18-13-12(16)10(9-15)6-8-17-13/h6,8,11H,3-5,7,16H2,1-2H3,(H,17,18). The van der Waals surface area contributed by atoms with Gasteiger partial charge in [0.05, 0.1) is 11.3 Å².